The number of aromatic nitrogens is 1. The maximum atomic E-state index is 5.51. The van der Waals surface area contributed by atoms with Crippen LogP contribution in [-0.2, 0) is 6.54 Å². The molecule has 0 aliphatic carbocycles. The molecule has 0 atom stereocenters. The van der Waals surface area contributed by atoms with E-state index in [2.05, 4.69) is 22.0 Å². The Labute approximate surface area is 106 Å². The third kappa shape index (κ3) is 3.22. The first kappa shape index (κ1) is 12.0. The number of hydrogen-bond acceptors (Lipinski definition) is 3. The van der Waals surface area contributed by atoms with Gasteiger partial charge in [0.2, 0.25) is 0 Å². The fraction of sp³-hybridized carbons (Fsp3) is 0.231. The Bertz CT molecular complexity index is 539. The minimum atomic E-state index is 0.508. The van der Waals surface area contributed by atoms with Crippen molar-refractivity contribution in [3.63, 3.8) is 0 Å². The topological polar surface area (TPSA) is 42.1 Å². The fourth-order valence-electron chi connectivity index (χ4n) is 1.79. The number of fused-ring (bicyclic) bond motifs is 1. The van der Waals surface area contributed by atoms with Crippen LogP contribution < -0.4 is 5.73 Å². The Morgan fingerprint density at radius 1 is 1.29 bits per heavy atom. The van der Waals surface area contributed by atoms with Crippen LogP contribution in [0.1, 0.15) is 5.69 Å². The normalized spacial score (nSPS) is 10.9. The monoisotopic (exact) mass is 245 g/mol. The van der Waals surface area contributed by atoms with Crippen LogP contribution in [0.3, 0.4) is 0 Å². The lowest BCUT2D eigenvalue weighted by atomic mass is 10.2. The highest BCUT2D eigenvalue weighted by Crippen LogP contribution is 2.12. The molecule has 0 bridgehead atoms. The van der Waals surface area contributed by atoms with Crippen LogP contribution >= 0.6 is 12.2 Å². The van der Waals surface area contributed by atoms with Gasteiger partial charge in [-0.1, -0.05) is 36.5 Å². The van der Waals surface area contributed by atoms with Crippen molar-refractivity contribution in [2.24, 2.45) is 5.73 Å². The zero-order valence-electron chi connectivity index (χ0n) is 9.76. The quantitative estimate of drug-likeness (QED) is 0.836. The van der Waals surface area contributed by atoms with E-state index in [-0.39, 0.29) is 0 Å². The summed E-state index contributed by atoms with van der Waals surface area (Å²) in [4.78, 5) is 7.16. The van der Waals surface area contributed by atoms with Gasteiger partial charge < -0.3 is 5.73 Å². The molecule has 2 aromatic rings. The number of rotatable bonds is 4. The van der Waals surface area contributed by atoms with Gasteiger partial charge in [-0.05, 0) is 19.2 Å². The predicted molar refractivity (Wildman–Crippen MR) is 74.9 cm³/mol. The second-order valence-electron chi connectivity index (χ2n) is 4.13. The van der Waals surface area contributed by atoms with Crippen LogP contribution in [0.2, 0.25) is 0 Å². The second kappa shape index (κ2) is 5.21. The largest absolute Gasteiger partial charge is 0.392 e. The summed E-state index contributed by atoms with van der Waals surface area (Å²) in [6.45, 7) is 1.37. The molecule has 2 N–H and O–H groups in total. The number of benzene rings is 1. The van der Waals surface area contributed by atoms with Crippen molar-refractivity contribution < 1.29 is 0 Å². The summed E-state index contributed by atoms with van der Waals surface area (Å²) in [5, 5.41) is 1.16. The average Bonchev–Trinajstić information content (AvgIpc) is 2.27. The lowest BCUT2D eigenvalue weighted by Gasteiger charge is -2.15. The Morgan fingerprint density at radius 2 is 2.06 bits per heavy atom. The number of nitrogens with two attached hydrogens (primary N) is 1. The molecule has 0 saturated carbocycles. The third-order valence-electron chi connectivity index (χ3n) is 2.51. The van der Waals surface area contributed by atoms with Crippen molar-refractivity contribution in [2.45, 2.75) is 6.54 Å². The van der Waals surface area contributed by atoms with Crippen molar-refractivity contribution in [2.75, 3.05) is 13.6 Å². The van der Waals surface area contributed by atoms with Crippen molar-refractivity contribution in [1.82, 2.24) is 9.88 Å². The third-order valence-corrected chi connectivity index (χ3v) is 2.64. The summed E-state index contributed by atoms with van der Waals surface area (Å²) in [5.74, 6) is 0. The van der Waals surface area contributed by atoms with Crippen molar-refractivity contribution in [1.29, 1.82) is 0 Å². The van der Waals surface area contributed by atoms with E-state index in [0.29, 0.717) is 11.5 Å². The van der Waals surface area contributed by atoms with Crippen molar-refractivity contribution >= 4 is 28.1 Å². The minimum Gasteiger partial charge on any atom is -0.392 e. The number of hydrogen-bond donors (Lipinski definition) is 1. The van der Waals surface area contributed by atoms with Gasteiger partial charge in [0.05, 0.1) is 16.2 Å². The standard InChI is InChI=1S/C13H15N3S/c1-16(9-13(14)17)8-11-7-6-10-4-2-3-5-12(10)15-11/h2-7H,8-9H2,1H3,(H2,14,17). The molecule has 0 aliphatic rings. The van der Waals surface area contributed by atoms with Gasteiger partial charge in [-0.25, -0.2) is 0 Å². The summed E-state index contributed by atoms with van der Waals surface area (Å²) in [7, 11) is 1.98. The molecule has 0 fully saturated rings. The molecule has 1 aromatic carbocycles. The molecule has 17 heavy (non-hydrogen) atoms. The van der Waals surface area contributed by atoms with E-state index in [1.54, 1.807) is 0 Å². The van der Waals surface area contributed by atoms with E-state index in [1.807, 2.05) is 31.3 Å². The maximum Gasteiger partial charge on any atom is 0.0870 e. The molecule has 4 heteroatoms. The highest BCUT2D eigenvalue weighted by atomic mass is 32.1. The van der Waals surface area contributed by atoms with E-state index in [4.69, 9.17) is 18.0 Å². The molecule has 1 heterocycles. The number of para-hydroxylation sites is 1. The van der Waals surface area contributed by atoms with Crippen LogP contribution in [0.25, 0.3) is 10.9 Å². The molecule has 0 spiro atoms. The van der Waals surface area contributed by atoms with E-state index < -0.39 is 0 Å². The Hall–Kier alpha value is -1.52. The fourth-order valence-corrected chi connectivity index (χ4v) is 2.02. The number of likely N-dealkylation sites (N-methyl/N-ethyl adjacent to an activating group) is 1. The molecule has 2 rings (SSSR count). The zero-order chi connectivity index (χ0) is 12.3. The number of thiocarbonyl (C=S) groups is 1. The van der Waals surface area contributed by atoms with Gasteiger partial charge >= 0.3 is 0 Å². The first-order valence-corrected chi connectivity index (χ1v) is 5.87. The Kier molecular flexibility index (Phi) is 3.66. The van der Waals surface area contributed by atoms with E-state index in [0.717, 1.165) is 23.1 Å². The summed E-state index contributed by atoms with van der Waals surface area (Å²) in [6.07, 6.45) is 0. The van der Waals surface area contributed by atoms with E-state index in [9.17, 15) is 0 Å². The maximum absolute atomic E-state index is 5.51. The van der Waals surface area contributed by atoms with Crippen LogP contribution in [0.5, 0.6) is 0 Å². The Morgan fingerprint density at radius 3 is 2.82 bits per heavy atom. The molecular formula is C13H15N3S. The second-order valence-corrected chi connectivity index (χ2v) is 4.66. The van der Waals surface area contributed by atoms with Gasteiger partial charge in [0.15, 0.2) is 0 Å². The van der Waals surface area contributed by atoms with E-state index in [1.165, 1.54) is 0 Å². The van der Waals surface area contributed by atoms with Gasteiger partial charge in [0, 0.05) is 18.5 Å². The first-order valence-electron chi connectivity index (χ1n) is 5.46. The highest BCUT2D eigenvalue weighted by molar-refractivity contribution is 7.80. The van der Waals surface area contributed by atoms with Crippen LogP contribution in [0, 0.1) is 0 Å². The molecule has 3 nitrogen and oxygen atoms in total. The highest BCUT2D eigenvalue weighted by Gasteiger charge is 2.03. The Balaban J connectivity index is 2.16. The molecular weight excluding hydrogens is 230 g/mol. The van der Waals surface area contributed by atoms with Crippen molar-refractivity contribution in [3.05, 3.63) is 42.1 Å². The number of pyridine rings is 1. The molecule has 0 saturated heterocycles. The first-order chi connectivity index (χ1) is 8.15. The molecule has 0 aliphatic heterocycles. The molecule has 0 unspecified atom stereocenters. The lowest BCUT2D eigenvalue weighted by molar-refractivity contribution is 0.370. The lowest BCUT2D eigenvalue weighted by Crippen LogP contribution is -2.29. The zero-order valence-corrected chi connectivity index (χ0v) is 10.6. The molecule has 0 radical (unpaired) electrons. The summed E-state index contributed by atoms with van der Waals surface area (Å²) in [6, 6.07) is 12.2. The molecule has 1 aromatic heterocycles. The van der Waals surface area contributed by atoms with Gasteiger partial charge in [-0.2, -0.15) is 0 Å². The van der Waals surface area contributed by atoms with Crippen LogP contribution in [0.15, 0.2) is 36.4 Å². The van der Waals surface area contributed by atoms with Crippen molar-refractivity contribution in [3.8, 4) is 0 Å². The van der Waals surface area contributed by atoms with Crippen LogP contribution in [-0.4, -0.2) is 28.5 Å². The van der Waals surface area contributed by atoms with Gasteiger partial charge in [-0.15, -0.1) is 0 Å². The van der Waals surface area contributed by atoms with Gasteiger partial charge in [0.1, 0.15) is 0 Å². The average molecular weight is 245 g/mol. The van der Waals surface area contributed by atoms with E-state index >= 15 is 0 Å². The molecule has 0 amide bonds. The number of nitrogens with zero attached hydrogens (tertiary/aromatic N) is 2. The smallest absolute Gasteiger partial charge is 0.0870 e. The molecule has 88 valence electrons. The summed E-state index contributed by atoms with van der Waals surface area (Å²) >= 11 is 4.88. The SMILES string of the molecule is CN(CC(N)=S)Cc1ccc2ccccc2n1. The van der Waals surface area contributed by atoms with Crippen LogP contribution in [0.4, 0.5) is 0 Å². The van der Waals surface area contributed by atoms with Gasteiger partial charge in [-0.3, -0.25) is 9.88 Å². The predicted octanol–water partition coefficient (Wildman–Crippen LogP) is 1.95. The summed E-state index contributed by atoms with van der Waals surface area (Å²) < 4.78 is 0. The minimum absolute atomic E-state index is 0.508. The van der Waals surface area contributed by atoms with Gasteiger partial charge in [0.25, 0.3) is 0 Å². The summed E-state index contributed by atoms with van der Waals surface area (Å²) in [5.41, 5.74) is 7.56.